The summed E-state index contributed by atoms with van der Waals surface area (Å²) in [5, 5.41) is 13.6. The molecule has 5 heteroatoms. The number of rotatable bonds is 5. The number of nitrogens with zero attached hydrogens (tertiary/aromatic N) is 4. The van der Waals surface area contributed by atoms with Crippen LogP contribution in [0.1, 0.15) is 0 Å². The Hall–Kier alpha value is -8.93. The maximum atomic E-state index is 6.72. The summed E-state index contributed by atoms with van der Waals surface area (Å²) in [6.07, 6.45) is 0. The average molecular weight is 841 g/mol. The Balaban J connectivity index is 1.12. The number of hydrogen-bond donors (Lipinski definition) is 0. The summed E-state index contributed by atoms with van der Waals surface area (Å²) in [5.74, 6) is 1.83. The van der Waals surface area contributed by atoms with E-state index in [0.717, 1.165) is 98.8 Å². The van der Waals surface area contributed by atoms with E-state index in [4.69, 9.17) is 19.4 Å². The van der Waals surface area contributed by atoms with Crippen molar-refractivity contribution >= 4 is 86.8 Å². The third kappa shape index (κ3) is 5.57. The molecule has 0 unspecified atom stereocenters. The van der Waals surface area contributed by atoms with Crippen LogP contribution >= 0.6 is 0 Å². The van der Waals surface area contributed by atoms with Crippen LogP contribution in [-0.4, -0.2) is 19.5 Å². The molecule has 0 N–H and O–H groups in total. The predicted molar refractivity (Wildman–Crippen MR) is 273 cm³/mol. The minimum absolute atomic E-state index is 0.588. The lowest BCUT2D eigenvalue weighted by Crippen LogP contribution is -2.03. The van der Waals surface area contributed by atoms with Gasteiger partial charge in [-0.3, -0.25) is 0 Å². The first-order valence-corrected chi connectivity index (χ1v) is 22.3. The van der Waals surface area contributed by atoms with Crippen molar-refractivity contribution in [2.45, 2.75) is 0 Å². The molecular weight excluding hydrogens is 805 g/mol. The predicted octanol–water partition coefficient (Wildman–Crippen LogP) is 16.1. The average Bonchev–Trinajstić information content (AvgIpc) is 3.91. The van der Waals surface area contributed by atoms with Crippen LogP contribution in [0.3, 0.4) is 0 Å². The Morgan fingerprint density at radius 1 is 0.318 bits per heavy atom. The van der Waals surface area contributed by atoms with Gasteiger partial charge < -0.3 is 8.98 Å². The molecule has 66 heavy (non-hydrogen) atoms. The van der Waals surface area contributed by atoms with Gasteiger partial charge in [-0.2, -0.15) is 0 Å². The van der Waals surface area contributed by atoms with Gasteiger partial charge in [-0.1, -0.05) is 164 Å². The van der Waals surface area contributed by atoms with E-state index in [1.165, 1.54) is 21.5 Å². The Labute approximate surface area is 378 Å². The van der Waals surface area contributed by atoms with E-state index >= 15 is 0 Å². The minimum Gasteiger partial charge on any atom is -0.456 e. The SMILES string of the molecule is c1ccc(-c2nc(-c3ccc(-n4c5ccccc5c5cc6ccccc6cc54)c(-c4c5ccccc5cc5oc6ccccc6c45)c3)nc(-c3c4ccccc4cc4ccccc34)n2)cc1. The molecular formula is C61H36N4O. The van der Waals surface area contributed by atoms with Gasteiger partial charge >= 0.3 is 0 Å². The third-order valence-corrected chi connectivity index (χ3v) is 13.4. The van der Waals surface area contributed by atoms with Crippen LogP contribution in [0.2, 0.25) is 0 Å². The van der Waals surface area contributed by atoms with Gasteiger partial charge in [0.25, 0.3) is 0 Å². The summed E-state index contributed by atoms with van der Waals surface area (Å²) in [4.78, 5) is 16.1. The number of para-hydroxylation sites is 2. The molecule has 3 heterocycles. The molecule has 0 radical (unpaired) electrons. The van der Waals surface area contributed by atoms with Crippen molar-refractivity contribution in [2.75, 3.05) is 0 Å². The lowest BCUT2D eigenvalue weighted by atomic mass is 9.91. The number of fused-ring (bicyclic) bond motifs is 10. The summed E-state index contributed by atoms with van der Waals surface area (Å²) < 4.78 is 9.16. The summed E-state index contributed by atoms with van der Waals surface area (Å²) >= 11 is 0. The molecule has 14 aromatic rings. The number of aromatic nitrogens is 4. The van der Waals surface area contributed by atoms with Gasteiger partial charge in [-0.05, 0) is 97.7 Å². The van der Waals surface area contributed by atoms with Crippen LogP contribution < -0.4 is 0 Å². The first-order valence-electron chi connectivity index (χ1n) is 22.3. The summed E-state index contributed by atoms with van der Waals surface area (Å²) in [6.45, 7) is 0. The van der Waals surface area contributed by atoms with Crippen molar-refractivity contribution in [2.24, 2.45) is 0 Å². The molecule has 306 valence electrons. The maximum Gasteiger partial charge on any atom is 0.165 e. The van der Waals surface area contributed by atoms with Gasteiger partial charge in [0.15, 0.2) is 17.5 Å². The fourth-order valence-electron chi connectivity index (χ4n) is 10.4. The zero-order chi connectivity index (χ0) is 43.3. The second-order valence-electron chi connectivity index (χ2n) is 17.1. The number of hydrogen-bond acceptors (Lipinski definition) is 4. The molecule has 0 atom stereocenters. The fourth-order valence-corrected chi connectivity index (χ4v) is 10.4. The second kappa shape index (κ2) is 14.3. The Morgan fingerprint density at radius 2 is 0.864 bits per heavy atom. The van der Waals surface area contributed by atoms with E-state index in [-0.39, 0.29) is 0 Å². The molecule has 0 fully saturated rings. The molecule has 0 amide bonds. The van der Waals surface area contributed by atoms with Gasteiger partial charge in [0, 0.05) is 49.4 Å². The van der Waals surface area contributed by atoms with Crippen LogP contribution in [0.15, 0.2) is 223 Å². The monoisotopic (exact) mass is 840 g/mol. The minimum atomic E-state index is 0.588. The van der Waals surface area contributed by atoms with Crippen molar-refractivity contribution in [3.63, 3.8) is 0 Å². The van der Waals surface area contributed by atoms with Gasteiger partial charge in [-0.25, -0.2) is 15.0 Å². The fraction of sp³-hybridized carbons (Fsp3) is 0. The molecule has 0 spiro atoms. The van der Waals surface area contributed by atoms with Crippen molar-refractivity contribution in [1.82, 2.24) is 19.5 Å². The Morgan fingerprint density at radius 3 is 1.59 bits per heavy atom. The molecule has 3 aromatic heterocycles. The zero-order valence-electron chi connectivity index (χ0n) is 35.5. The highest BCUT2D eigenvalue weighted by atomic mass is 16.3. The van der Waals surface area contributed by atoms with Gasteiger partial charge in [0.05, 0.1) is 16.7 Å². The van der Waals surface area contributed by atoms with E-state index in [1.807, 2.05) is 24.3 Å². The third-order valence-electron chi connectivity index (χ3n) is 13.4. The van der Waals surface area contributed by atoms with Crippen molar-refractivity contribution in [3.8, 4) is 51.0 Å². The summed E-state index contributed by atoms with van der Waals surface area (Å²) in [5.41, 5.74) is 9.90. The van der Waals surface area contributed by atoms with E-state index in [2.05, 4.69) is 199 Å². The first-order chi connectivity index (χ1) is 32.7. The summed E-state index contributed by atoms with van der Waals surface area (Å²) in [7, 11) is 0. The smallest absolute Gasteiger partial charge is 0.165 e. The van der Waals surface area contributed by atoms with E-state index in [1.54, 1.807) is 0 Å². The Kier molecular flexibility index (Phi) is 7.91. The molecule has 11 aromatic carbocycles. The van der Waals surface area contributed by atoms with Gasteiger partial charge in [-0.15, -0.1) is 0 Å². The normalized spacial score (nSPS) is 11.9. The lowest BCUT2D eigenvalue weighted by Gasteiger charge is -2.19. The molecule has 14 rings (SSSR count). The molecule has 0 aliphatic carbocycles. The quantitative estimate of drug-likeness (QED) is 0.162. The molecule has 0 bridgehead atoms. The molecule has 0 aliphatic heterocycles. The van der Waals surface area contributed by atoms with E-state index < -0.39 is 0 Å². The van der Waals surface area contributed by atoms with Gasteiger partial charge in [0.1, 0.15) is 11.2 Å². The highest BCUT2D eigenvalue weighted by Gasteiger charge is 2.24. The topological polar surface area (TPSA) is 56.7 Å². The molecule has 0 saturated carbocycles. The maximum absolute atomic E-state index is 6.72. The van der Waals surface area contributed by atoms with E-state index in [9.17, 15) is 0 Å². The largest absolute Gasteiger partial charge is 0.456 e. The van der Waals surface area contributed by atoms with Crippen LogP contribution in [0.25, 0.3) is 138 Å². The van der Waals surface area contributed by atoms with Crippen molar-refractivity contribution < 1.29 is 4.42 Å². The van der Waals surface area contributed by atoms with Gasteiger partial charge in [0.2, 0.25) is 0 Å². The molecule has 0 aliphatic rings. The van der Waals surface area contributed by atoms with Crippen molar-refractivity contribution in [1.29, 1.82) is 0 Å². The van der Waals surface area contributed by atoms with Crippen LogP contribution in [0.5, 0.6) is 0 Å². The highest BCUT2D eigenvalue weighted by molar-refractivity contribution is 6.22. The Bertz CT molecular complexity index is 4240. The number of benzene rings is 11. The van der Waals surface area contributed by atoms with Crippen LogP contribution in [0, 0.1) is 0 Å². The van der Waals surface area contributed by atoms with E-state index in [0.29, 0.717) is 17.5 Å². The van der Waals surface area contributed by atoms with Crippen LogP contribution in [0.4, 0.5) is 0 Å². The zero-order valence-corrected chi connectivity index (χ0v) is 35.5. The second-order valence-corrected chi connectivity index (χ2v) is 17.1. The van der Waals surface area contributed by atoms with Crippen molar-refractivity contribution in [3.05, 3.63) is 218 Å². The molecule has 5 nitrogen and oxygen atoms in total. The lowest BCUT2D eigenvalue weighted by molar-refractivity contribution is 0.669. The highest BCUT2D eigenvalue weighted by Crippen LogP contribution is 2.47. The first kappa shape index (κ1) is 36.5. The standard InChI is InChI=1S/C61H36N4O/c1-2-16-37(17-3-1)59-62-60(64-61(63-59)57-45-24-10-6-20-40(45)32-41-21-7-11-25-46(41)57)43-30-31-52(65-51-28-14-12-26-47(51)49-33-38-18-4-5-19-39(38)35-53(49)65)50(34-43)56-44-23-9-8-22-42(44)36-55-58(56)48-27-13-15-29-54(48)66-55/h1-36H. The number of furan rings is 1. The summed E-state index contributed by atoms with van der Waals surface area (Å²) in [6, 6.07) is 77.6. The molecule has 0 saturated heterocycles. The van der Waals surface area contributed by atoms with Crippen LogP contribution in [-0.2, 0) is 0 Å².